The molecule has 44 heavy (non-hydrogen) atoms. The number of hydrogen-bond acceptors (Lipinski definition) is 7. The van der Waals surface area contributed by atoms with Gasteiger partial charge in [0.2, 0.25) is 0 Å². The number of carbonyl (C=O) groups excluding carboxylic acids is 2. The van der Waals surface area contributed by atoms with E-state index in [-0.39, 0.29) is 29.1 Å². The van der Waals surface area contributed by atoms with Crippen molar-refractivity contribution in [2.75, 3.05) is 0 Å². The molecule has 0 radical (unpaired) electrons. The molecular weight excluding hydrogens is 560 g/mol. The fourth-order valence-corrected chi connectivity index (χ4v) is 5.93. The van der Waals surface area contributed by atoms with Crippen LogP contribution in [-0.4, -0.2) is 43.0 Å². The molecule has 8 bridgehead atoms. The van der Waals surface area contributed by atoms with Gasteiger partial charge < -0.3 is 24.5 Å². The third-order valence-corrected chi connectivity index (χ3v) is 8.36. The summed E-state index contributed by atoms with van der Waals surface area (Å²) < 4.78 is 11.6. The maximum absolute atomic E-state index is 12.7. The summed E-state index contributed by atoms with van der Waals surface area (Å²) in [6.45, 7) is 16.5. The highest BCUT2D eigenvalue weighted by molar-refractivity contribution is 6.25. The third-order valence-electron chi connectivity index (χ3n) is 8.36. The molecule has 0 amide bonds. The fourth-order valence-electron chi connectivity index (χ4n) is 5.93. The number of carbonyl (C=O) groups is 3. The van der Waals surface area contributed by atoms with E-state index in [0.29, 0.717) is 17.0 Å². The number of ether oxygens (including phenoxy) is 2. The van der Waals surface area contributed by atoms with Gasteiger partial charge in [-0.1, -0.05) is 33.4 Å². The van der Waals surface area contributed by atoms with Gasteiger partial charge in [-0.3, -0.25) is 9.59 Å². The molecule has 0 aliphatic carbocycles. The minimum atomic E-state index is -1.24. The lowest BCUT2D eigenvalue weighted by Crippen LogP contribution is -2.15. The molecule has 2 aliphatic heterocycles. The number of nitrogens with one attached hydrogen (secondary N) is 2. The van der Waals surface area contributed by atoms with Crippen molar-refractivity contribution >= 4 is 57.2 Å². The van der Waals surface area contributed by atoms with Crippen LogP contribution in [0.1, 0.15) is 98.1 Å². The van der Waals surface area contributed by atoms with Gasteiger partial charge in [0.15, 0.2) is 11.9 Å². The van der Waals surface area contributed by atoms with Crippen molar-refractivity contribution in [3.63, 3.8) is 0 Å². The minimum Gasteiger partial charge on any atom is -0.478 e. The van der Waals surface area contributed by atoms with Crippen LogP contribution in [-0.2, 0) is 25.5 Å². The Morgan fingerprint density at radius 2 is 1.68 bits per heavy atom. The van der Waals surface area contributed by atoms with Crippen LogP contribution in [0.15, 0.2) is 24.8 Å². The summed E-state index contributed by atoms with van der Waals surface area (Å²) in [5.41, 5.74) is 8.56. The van der Waals surface area contributed by atoms with E-state index in [4.69, 9.17) is 19.4 Å². The first-order valence-corrected chi connectivity index (χ1v) is 14.6. The lowest BCUT2D eigenvalue weighted by molar-refractivity contribution is -0.150. The van der Waals surface area contributed by atoms with Gasteiger partial charge in [-0.15, -0.1) is 0 Å². The average Bonchev–Trinajstić information content (AvgIpc) is 3.65. The predicted octanol–water partition coefficient (Wildman–Crippen LogP) is 6.88. The second-order valence-electron chi connectivity index (χ2n) is 11.1. The first-order chi connectivity index (χ1) is 20.9. The van der Waals surface area contributed by atoms with Crippen LogP contribution < -0.4 is 4.74 Å². The number of esters is 2. The minimum absolute atomic E-state index is 0.0614. The number of aromatic nitrogens is 4. The number of fused-ring (bicyclic) bond motifs is 8. The Hall–Kier alpha value is -4.99. The largest absolute Gasteiger partial charge is 0.478 e. The summed E-state index contributed by atoms with van der Waals surface area (Å²) in [7, 11) is 0. The normalized spacial score (nSPS) is 16.2. The molecule has 2 unspecified atom stereocenters. The smallest absolute Gasteiger partial charge is 0.338 e. The molecule has 0 spiro atoms. The van der Waals surface area contributed by atoms with Gasteiger partial charge in [0.05, 0.1) is 11.3 Å². The molecule has 2 aliphatic rings. The van der Waals surface area contributed by atoms with E-state index in [9.17, 15) is 19.5 Å². The van der Waals surface area contributed by atoms with Crippen molar-refractivity contribution in [2.45, 2.75) is 73.3 Å². The molecule has 0 fully saturated rings. The molecular formula is C34H36N4O6. The standard InChI is InChI=1S/C34H36N4O6/c1-9-20-15(4)22-12-25-18(7)32(44-28(40)11-3)31(38-25)33(43-19(8)39)30-29(34(41)42)17(6)24(37-30)14-27-21(10-2)16(5)23(36-27)13-26(20)35-22/h9,12-14,18,32,35-36H,1,10-11H2,2-8H3,(H,41,42). The summed E-state index contributed by atoms with van der Waals surface area (Å²) >= 11 is 0. The first kappa shape index (κ1) is 30.5. The predicted molar refractivity (Wildman–Crippen MR) is 169 cm³/mol. The summed E-state index contributed by atoms with van der Waals surface area (Å²) in [6, 6.07) is 5.71. The van der Waals surface area contributed by atoms with Crippen LogP contribution in [0.5, 0.6) is 5.75 Å². The van der Waals surface area contributed by atoms with Crippen molar-refractivity contribution in [3.8, 4) is 5.75 Å². The van der Waals surface area contributed by atoms with E-state index in [0.717, 1.165) is 50.7 Å². The van der Waals surface area contributed by atoms with E-state index >= 15 is 0 Å². The highest BCUT2D eigenvalue weighted by atomic mass is 16.6. The lowest BCUT2D eigenvalue weighted by atomic mass is 9.99. The molecule has 0 saturated carbocycles. The van der Waals surface area contributed by atoms with E-state index in [1.54, 1.807) is 19.9 Å². The maximum atomic E-state index is 12.7. The number of rotatable bonds is 6. The van der Waals surface area contributed by atoms with E-state index < -0.39 is 29.9 Å². The fraction of sp³-hybridized carbons (Fsp3) is 0.324. The molecule has 228 valence electrons. The number of H-pyrrole nitrogens is 2. The molecule has 3 aromatic rings. The van der Waals surface area contributed by atoms with E-state index in [1.807, 2.05) is 39.0 Å². The van der Waals surface area contributed by atoms with Crippen molar-refractivity contribution in [2.24, 2.45) is 0 Å². The maximum Gasteiger partial charge on any atom is 0.338 e. The van der Waals surface area contributed by atoms with Crippen molar-refractivity contribution in [1.29, 1.82) is 0 Å². The zero-order chi connectivity index (χ0) is 32.0. The second kappa shape index (κ2) is 11.6. The zero-order valence-corrected chi connectivity index (χ0v) is 26.0. The molecule has 3 aromatic heterocycles. The van der Waals surface area contributed by atoms with Gasteiger partial charge in [-0.2, -0.15) is 0 Å². The van der Waals surface area contributed by atoms with Gasteiger partial charge in [0, 0.05) is 52.6 Å². The number of hydrogen-bond donors (Lipinski definition) is 3. The summed E-state index contributed by atoms with van der Waals surface area (Å²) in [6.07, 6.45) is 1.68. The number of nitrogens with zero attached hydrogens (tertiary/aromatic N) is 2. The molecule has 10 heteroatoms. The highest BCUT2D eigenvalue weighted by Crippen LogP contribution is 2.45. The number of aliphatic carboxylic acids is 1. The molecule has 3 N–H and O–H groups in total. The van der Waals surface area contributed by atoms with Crippen LogP contribution >= 0.6 is 0 Å². The molecule has 5 rings (SSSR count). The van der Waals surface area contributed by atoms with E-state index in [2.05, 4.69) is 23.5 Å². The van der Waals surface area contributed by atoms with Crippen molar-refractivity contribution < 1.29 is 29.0 Å². The quantitative estimate of drug-likeness (QED) is 0.261. The molecule has 5 heterocycles. The topological polar surface area (TPSA) is 147 Å². The SMILES string of the molecule is C=Cc1c(C)c2cc3nc(c(OC(C)=O)c4nc(cc5[nH]c(cc1[nH]2)c(C)c5CC)C(C)=C4C(=O)O)C(OC(=O)CC)C3C. The Labute approximate surface area is 254 Å². The highest BCUT2D eigenvalue weighted by Gasteiger charge is 2.38. The van der Waals surface area contributed by atoms with Crippen molar-refractivity contribution in [3.05, 3.63) is 69.8 Å². The van der Waals surface area contributed by atoms with Gasteiger partial charge in [0.1, 0.15) is 11.4 Å². The van der Waals surface area contributed by atoms with Crippen LogP contribution in [0.2, 0.25) is 0 Å². The van der Waals surface area contributed by atoms with Crippen LogP contribution in [0.3, 0.4) is 0 Å². The summed E-state index contributed by atoms with van der Waals surface area (Å²) in [5, 5.41) is 10.3. The first-order valence-electron chi connectivity index (χ1n) is 14.6. The number of carboxylic acids is 1. The van der Waals surface area contributed by atoms with Crippen LogP contribution in [0.4, 0.5) is 0 Å². The summed E-state index contributed by atoms with van der Waals surface area (Å²) in [4.78, 5) is 54.3. The lowest BCUT2D eigenvalue weighted by Gasteiger charge is -2.18. The third kappa shape index (κ3) is 5.10. The summed E-state index contributed by atoms with van der Waals surface area (Å²) in [5.74, 6) is -3.03. The van der Waals surface area contributed by atoms with Gasteiger partial charge in [-0.25, -0.2) is 14.8 Å². The number of aromatic amines is 2. The molecule has 0 aromatic carbocycles. The van der Waals surface area contributed by atoms with Crippen molar-refractivity contribution in [1.82, 2.24) is 19.9 Å². The molecule has 10 nitrogen and oxygen atoms in total. The monoisotopic (exact) mass is 596 g/mol. The molecule has 0 saturated heterocycles. The van der Waals surface area contributed by atoms with Gasteiger partial charge in [-0.05, 0) is 67.7 Å². The van der Waals surface area contributed by atoms with Gasteiger partial charge in [0.25, 0.3) is 0 Å². The van der Waals surface area contributed by atoms with E-state index in [1.165, 1.54) is 6.92 Å². The van der Waals surface area contributed by atoms with Crippen LogP contribution in [0.25, 0.3) is 39.3 Å². The Kier molecular flexibility index (Phi) is 8.03. The molecule has 2 atom stereocenters. The number of allylic oxidation sites excluding steroid dienone is 1. The zero-order valence-electron chi connectivity index (χ0n) is 26.0. The second-order valence-corrected chi connectivity index (χ2v) is 11.1. The number of aryl methyl sites for hydroxylation is 3. The van der Waals surface area contributed by atoms with Gasteiger partial charge >= 0.3 is 17.9 Å². The Morgan fingerprint density at radius 1 is 1.00 bits per heavy atom. The Bertz CT molecular complexity index is 1940. The Morgan fingerprint density at radius 3 is 2.30 bits per heavy atom. The van der Waals surface area contributed by atoms with Crippen LogP contribution in [0, 0.1) is 13.8 Å². The average molecular weight is 597 g/mol. The number of carboxylic acid groups (broad SMARTS) is 1. The Balaban J connectivity index is 2.05.